The van der Waals surface area contributed by atoms with Crippen molar-refractivity contribution in [2.24, 2.45) is 5.84 Å². The number of carbonyl (C=O) groups is 1. The van der Waals surface area contributed by atoms with Crippen molar-refractivity contribution in [3.05, 3.63) is 53.4 Å². The van der Waals surface area contributed by atoms with E-state index in [4.69, 9.17) is 21.3 Å². The predicted octanol–water partition coefficient (Wildman–Crippen LogP) is 4.46. The highest BCUT2D eigenvalue weighted by atomic mass is 19.1. The highest BCUT2D eigenvalue weighted by molar-refractivity contribution is 5.76. The molecule has 0 atom stereocenters. The zero-order chi connectivity index (χ0) is 30.8. The van der Waals surface area contributed by atoms with Gasteiger partial charge in [-0.1, -0.05) is 6.07 Å². The minimum Gasteiger partial charge on any atom is -0.444 e. The SMILES string of the molecule is CC(C)N(N)c1cc(-c2nc(Nc3ccc4c(n3)CCN(CCN(C)C(=O)OC(C)(C)C)C4)ncc2F)cc(F)c1N. The van der Waals surface area contributed by atoms with Crippen LogP contribution in [0.5, 0.6) is 0 Å². The number of aromatic nitrogens is 3. The van der Waals surface area contributed by atoms with Crippen molar-refractivity contribution < 1.29 is 18.3 Å². The summed E-state index contributed by atoms with van der Waals surface area (Å²) in [6, 6.07) is 6.23. The molecule has 0 bridgehead atoms. The molecule has 5 N–H and O–H groups in total. The zero-order valence-corrected chi connectivity index (χ0v) is 24.9. The van der Waals surface area contributed by atoms with Crippen LogP contribution in [0.3, 0.4) is 0 Å². The molecular formula is C29H39F2N9O2. The minimum absolute atomic E-state index is 0.102. The van der Waals surface area contributed by atoms with E-state index in [0.717, 1.165) is 36.5 Å². The molecule has 3 aromatic rings. The van der Waals surface area contributed by atoms with Crippen molar-refractivity contribution in [2.75, 3.05) is 42.7 Å². The van der Waals surface area contributed by atoms with Crippen LogP contribution in [0.1, 0.15) is 45.9 Å². The Balaban J connectivity index is 1.45. The number of ether oxygens (including phenoxy) is 1. The molecule has 1 aromatic carbocycles. The number of nitrogens with zero attached hydrogens (tertiary/aromatic N) is 6. The van der Waals surface area contributed by atoms with E-state index in [2.05, 4.69) is 20.2 Å². The average molecular weight is 584 g/mol. The molecular weight excluding hydrogens is 544 g/mol. The smallest absolute Gasteiger partial charge is 0.410 e. The van der Waals surface area contributed by atoms with Gasteiger partial charge < -0.3 is 25.7 Å². The fourth-order valence-corrected chi connectivity index (χ4v) is 4.43. The van der Waals surface area contributed by atoms with Crippen LogP contribution in [-0.4, -0.2) is 69.2 Å². The van der Waals surface area contributed by atoms with E-state index < -0.39 is 17.2 Å². The first-order chi connectivity index (χ1) is 19.7. The number of hydrogen-bond acceptors (Lipinski definition) is 10. The first-order valence-electron chi connectivity index (χ1n) is 13.8. The van der Waals surface area contributed by atoms with Gasteiger partial charge in [0.1, 0.15) is 22.9 Å². The quantitative estimate of drug-likeness (QED) is 0.198. The van der Waals surface area contributed by atoms with Crippen LogP contribution in [0.15, 0.2) is 30.5 Å². The molecule has 0 spiro atoms. The largest absolute Gasteiger partial charge is 0.444 e. The Morgan fingerprint density at radius 2 is 1.93 bits per heavy atom. The van der Waals surface area contributed by atoms with Gasteiger partial charge in [0.25, 0.3) is 0 Å². The van der Waals surface area contributed by atoms with Crippen LogP contribution in [-0.2, 0) is 17.7 Å². The normalized spacial score (nSPS) is 13.6. The molecule has 42 heavy (non-hydrogen) atoms. The van der Waals surface area contributed by atoms with Gasteiger partial charge in [-0.25, -0.2) is 34.4 Å². The second kappa shape index (κ2) is 12.4. The van der Waals surface area contributed by atoms with Crippen LogP contribution < -0.4 is 21.9 Å². The maximum absolute atomic E-state index is 14.8. The first kappa shape index (κ1) is 30.8. The van der Waals surface area contributed by atoms with E-state index in [1.54, 1.807) is 18.0 Å². The summed E-state index contributed by atoms with van der Waals surface area (Å²) >= 11 is 0. The molecule has 0 aliphatic carbocycles. The summed E-state index contributed by atoms with van der Waals surface area (Å²) in [4.78, 5) is 29.1. The third-order valence-electron chi connectivity index (χ3n) is 6.78. The van der Waals surface area contributed by atoms with E-state index in [-0.39, 0.29) is 40.7 Å². The van der Waals surface area contributed by atoms with Crippen LogP contribution >= 0.6 is 0 Å². The second-order valence-corrected chi connectivity index (χ2v) is 11.6. The van der Waals surface area contributed by atoms with Crippen LogP contribution in [0.2, 0.25) is 0 Å². The van der Waals surface area contributed by atoms with Crippen LogP contribution in [0, 0.1) is 11.6 Å². The standard InChI is InChI=1S/C29H39F2N9O2/c1-17(2)40(33)23-14-19(13-20(30)25(23)32)26-21(31)15-34-27(37-26)36-24-8-7-18-16-39(10-9-22(18)35-24)12-11-38(6)28(41)42-29(3,4)5/h7-8,13-15,17H,9-12,16,32-33H2,1-6H3,(H,34,35,36,37). The van der Waals surface area contributed by atoms with Crippen molar-refractivity contribution in [1.29, 1.82) is 0 Å². The van der Waals surface area contributed by atoms with Gasteiger partial charge in [-0.15, -0.1) is 0 Å². The van der Waals surface area contributed by atoms with Crippen molar-refractivity contribution in [2.45, 2.75) is 59.2 Å². The molecule has 0 unspecified atom stereocenters. The topological polar surface area (TPSA) is 139 Å². The lowest BCUT2D eigenvalue weighted by Gasteiger charge is -2.30. The van der Waals surface area contributed by atoms with Crippen LogP contribution in [0.4, 0.5) is 36.7 Å². The summed E-state index contributed by atoms with van der Waals surface area (Å²) < 4.78 is 34.9. The molecule has 0 saturated heterocycles. The molecule has 226 valence electrons. The highest BCUT2D eigenvalue weighted by Crippen LogP contribution is 2.33. The number of hydrazine groups is 1. The van der Waals surface area contributed by atoms with Gasteiger partial charge in [-0.2, -0.15) is 0 Å². The fraction of sp³-hybridized carbons (Fsp3) is 0.448. The van der Waals surface area contributed by atoms with Crippen molar-refractivity contribution in [3.8, 4) is 11.3 Å². The number of hydrogen-bond donors (Lipinski definition) is 3. The number of nitrogen functional groups attached to an aromatic ring is 1. The van der Waals surface area contributed by atoms with Crippen LogP contribution in [0.25, 0.3) is 11.3 Å². The number of anilines is 4. The fourth-order valence-electron chi connectivity index (χ4n) is 4.43. The number of likely N-dealkylation sites (N-methyl/N-ethyl adjacent to an activating group) is 1. The molecule has 1 aliphatic rings. The lowest BCUT2D eigenvalue weighted by molar-refractivity contribution is 0.0280. The Hall–Kier alpha value is -4.10. The van der Waals surface area contributed by atoms with Crippen molar-refractivity contribution >= 4 is 29.2 Å². The summed E-state index contributed by atoms with van der Waals surface area (Å²) in [6.07, 6.45) is 1.39. The Kier molecular flexibility index (Phi) is 9.12. The lowest BCUT2D eigenvalue weighted by Crippen LogP contribution is -2.40. The Morgan fingerprint density at radius 1 is 1.19 bits per heavy atom. The summed E-state index contributed by atoms with van der Waals surface area (Å²) in [6.45, 7) is 11.9. The summed E-state index contributed by atoms with van der Waals surface area (Å²) in [5.74, 6) is 5.22. The highest BCUT2D eigenvalue weighted by Gasteiger charge is 2.23. The average Bonchev–Trinajstić information content (AvgIpc) is 2.92. The zero-order valence-electron chi connectivity index (χ0n) is 24.9. The molecule has 11 nitrogen and oxygen atoms in total. The van der Waals surface area contributed by atoms with E-state index in [1.165, 1.54) is 11.1 Å². The number of pyridine rings is 1. The Morgan fingerprint density at radius 3 is 2.62 bits per heavy atom. The molecule has 1 aliphatic heterocycles. The molecule has 0 radical (unpaired) electrons. The number of carbonyl (C=O) groups excluding carboxylic acids is 1. The van der Waals surface area contributed by atoms with Gasteiger partial charge in [0.2, 0.25) is 5.95 Å². The molecule has 3 heterocycles. The molecule has 0 saturated carbocycles. The van der Waals surface area contributed by atoms with E-state index >= 15 is 0 Å². The third-order valence-corrected chi connectivity index (χ3v) is 6.78. The van der Waals surface area contributed by atoms with E-state index in [9.17, 15) is 13.6 Å². The Labute approximate surface area is 244 Å². The minimum atomic E-state index is -0.729. The van der Waals surface area contributed by atoms with Gasteiger partial charge in [0, 0.05) is 56.9 Å². The molecule has 2 aromatic heterocycles. The molecule has 13 heteroatoms. The van der Waals surface area contributed by atoms with Gasteiger partial charge in [-0.3, -0.25) is 4.90 Å². The molecule has 0 fully saturated rings. The number of fused-ring (bicyclic) bond motifs is 1. The van der Waals surface area contributed by atoms with Crippen molar-refractivity contribution in [3.63, 3.8) is 0 Å². The lowest BCUT2D eigenvalue weighted by atomic mass is 10.1. The number of rotatable bonds is 8. The maximum atomic E-state index is 14.8. The summed E-state index contributed by atoms with van der Waals surface area (Å²) in [7, 11) is 1.73. The second-order valence-electron chi connectivity index (χ2n) is 11.6. The molecule has 1 amide bonds. The van der Waals surface area contributed by atoms with E-state index in [1.807, 2.05) is 40.7 Å². The van der Waals surface area contributed by atoms with Gasteiger partial charge in [0.15, 0.2) is 5.82 Å². The first-order valence-corrected chi connectivity index (χ1v) is 13.8. The number of nitrogens with two attached hydrogens (primary N) is 2. The molecule has 4 rings (SSSR count). The van der Waals surface area contributed by atoms with Crippen molar-refractivity contribution in [1.82, 2.24) is 24.8 Å². The van der Waals surface area contributed by atoms with Gasteiger partial charge in [0.05, 0.1) is 17.6 Å². The Bertz CT molecular complexity index is 1450. The monoisotopic (exact) mass is 583 g/mol. The summed E-state index contributed by atoms with van der Waals surface area (Å²) in [5.41, 5.74) is 7.54. The number of halogens is 2. The third kappa shape index (κ3) is 7.39. The van der Waals surface area contributed by atoms with Gasteiger partial charge >= 0.3 is 6.09 Å². The summed E-state index contributed by atoms with van der Waals surface area (Å²) in [5, 5.41) is 4.35. The predicted molar refractivity (Wildman–Crippen MR) is 159 cm³/mol. The van der Waals surface area contributed by atoms with Gasteiger partial charge in [-0.05, 0) is 58.4 Å². The number of amides is 1. The number of benzene rings is 1. The maximum Gasteiger partial charge on any atom is 0.410 e. The van der Waals surface area contributed by atoms with E-state index in [0.29, 0.717) is 25.5 Å². The number of nitrogens with one attached hydrogen (secondary N) is 1.